The van der Waals surface area contributed by atoms with Gasteiger partial charge in [-0.15, -0.1) is 0 Å². The molecule has 6 nitrogen and oxygen atoms in total. The van der Waals surface area contributed by atoms with Gasteiger partial charge in [-0.1, -0.05) is 42.8 Å². The number of hydrazine groups is 1. The summed E-state index contributed by atoms with van der Waals surface area (Å²) in [6.45, 7) is 7.69. The first-order valence-electron chi connectivity index (χ1n) is 8.95. The highest BCUT2D eigenvalue weighted by Gasteiger charge is 2.20. The summed E-state index contributed by atoms with van der Waals surface area (Å²) in [4.78, 5) is 23.9. The maximum atomic E-state index is 12.0. The van der Waals surface area contributed by atoms with Crippen LogP contribution in [0.3, 0.4) is 0 Å². The second-order valence-corrected chi connectivity index (χ2v) is 9.27. The van der Waals surface area contributed by atoms with Crippen molar-refractivity contribution in [1.82, 2.24) is 10.9 Å². The van der Waals surface area contributed by atoms with E-state index in [2.05, 4.69) is 63.5 Å². The maximum absolute atomic E-state index is 12.0. The number of aryl methyl sites for hydroxylation is 1. The lowest BCUT2D eigenvalue weighted by Gasteiger charge is -2.23. The van der Waals surface area contributed by atoms with Crippen LogP contribution in [0.2, 0.25) is 0 Å². The number of amides is 2. The van der Waals surface area contributed by atoms with Crippen molar-refractivity contribution < 1.29 is 19.1 Å². The van der Waals surface area contributed by atoms with Crippen LogP contribution in [0, 0.1) is 6.92 Å². The average Bonchev–Trinajstić information content (AvgIpc) is 2.63. The van der Waals surface area contributed by atoms with E-state index in [1.165, 1.54) is 0 Å². The van der Waals surface area contributed by atoms with Crippen molar-refractivity contribution in [3.05, 3.63) is 56.5 Å². The number of carbonyl (C=O) groups excluding carboxylic acids is 2. The maximum Gasteiger partial charge on any atom is 0.276 e. The molecule has 0 spiro atoms. The van der Waals surface area contributed by atoms with Gasteiger partial charge in [-0.3, -0.25) is 20.4 Å². The third kappa shape index (κ3) is 7.36. The molecule has 8 heteroatoms. The Labute approximate surface area is 187 Å². The number of carbonyl (C=O) groups is 2. The Morgan fingerprint density at radius 2 is 1.45 bits per heavy atom. The fourth-order valence-corrected chi connectivity index (χ4v) is 3.40. The molecule has 0 unspecified atom stereocenters. The molecule has 0 fully saturated rings. The Balaban J connectivity index is 1.81. The van der Waals surface area contributed by atoms with E-state index < -0.39 is 11.8 Å². The van der Waals surface area contributed by atoms with Crippen LogP contribution in [0.1, 0.15) is 31.9 Å². The molecule has 0 aromatic heterocycles. The van der Waals surface area contributed by atoms with E-state index in [0.29, 0.717) is 11.5 Å². The molecule has 156 valence electrons. The Hall–Kier alpha value is -2.06. The lowest BCUT2D eigenvalue weighted by atomic mass is 9.86. The second kappa shape index (κ2) is 10.1. The summed E-state index contributed by atoms with van der Waals surface area (Å²) in [5.41, 5.74) is 6.52. The van der Waals surface area contributed by atoms with Crippen molar-refractivity contribution in [3.63, 3.8) is 0 Å². The van der Waals surface area contributed by atoms with Gasteiger partial charge in [0.25, 0.3) is 11.8 Å². The third-order valence-electron chi connectivity index (χ3n) is 3.90. The number of nitrogens with one attached hydrogen (secondary N) is 2. The van der Waals surface area contributed by atoms with Crippen molar-refractivity contribution in [1.29, 1.82) is 0 Å². The average molecular weight is 528 g/mol. The standard InChI is InChI=1S/C21H24Br2N2O4/c1-13-5-7-18(16(23)9-13)29-12-20(27)25-24-19(26)11-28-17-8-6-14(22)10-15(17)21(2,3)4/h5-10H,11-12H2,1-4H3,(H,24,26)(H,25,27). The molecule has 0 saturated carbocycles. The summed E-state index contributed by atoms with van der Waals surface area (Å²) in [6.07, 6.45) is 0. The SMILES string of the molecule is Cc1ccc(OCC(=O)NNC(=O)COc2ccc(Br)cc2C(C)(C)C)c(Br)c1. The Kier molecular flexibility index (Phi) is 8.10. The topological polar surface area (TPSA) is 76.7 Å². The molecule has 0 saturated heterocycles. The molecule has 0 bridgehead atoms. The normalized spacial score (nSPS) is 11.0. The molecule has 2 aromatic carbocycles. The van der Waals surface area contributed by atoms with Crippen molar-refractivity contribution >= 4 is 43.7 Å². The summed E-state index contributed by atoms with van der Waals surface area (Å²) in [5.74, 6) is 0.211. The van der Waals surface area contributed by atoms with Gasteiger partial charge in [-0.2, -0.15) is 0 Å². The predicted octanol–water partition coefficient (Wildman–Crippen LogP) is 4.42. The lowest BCUT2D eigenvalue weighted by Crippen LogP contribution is -2.45. The molecule has 2 amide bonds. The van der Waals surface area contributed by atoms with Crippen molar-refractivity contribution in [2.45, 2.75) is 33.1 Å². The predicted molar refractivity (Wildman–Crippen MR) is 119 cm³/mol. The first-order valence-corrected chi connectivity index (χ1v) is 10.5. The highest BCUT2D eigenvalue weighted by Crippen LogP contribution is 2.33. The molecule has 0 radical (unpaired) electrons. The molecule has 2 rings (SSSR count). The number of hydrogen-bond acceptors (Lipinski definition) is 4. The molecule has 2 N–H and O–H groups in total. The van der Waals surface area contributed by atoms with Gasteiger partial charge in [0.15, 0.2) is 13.2 Å². The van der Waals surface area contributed by atoms with Crippen molar-refractivity contribution in [2.24, 2.45) is 0 Å². The minimum Gasteiger partial charge on any atom is -0.483 e. The first kappa shape index (κ1) is 23.2. The molecule has 0 atom stereocenters. The van der Waals surface area contributed by atoms with Gasteiger partial charge in [0.05, 0.1) is 4.47 Å². The first-order chi connectivity index (χ1) is 13.6. The van der Waals surface area contributed by atoms with E-state index in [1.54, 1.807) is 6.07 Å². The third-order valence-corrected chi connectivity index (χ3v) is 5.01. The lowest BCUT2D eigenvalue weighted by molar-refractivity contribution is -0.131. The smallest absolute Gasteiger partial charge is 0.276 e. The van der Waals surface area contributed by atoms with Gasteiger partial charge in [0.2, 0.25) is 0 Å². The Bertz CT molecular complexity index is 895. The van der Waals surface area contributed by atoms with Crippen molar-refractivity contribution in [2.75, 3.05) is 13.2 Å². The van der Waals surface area contributed by atoms with E-state index in [1.807, 2.05) is 37.3 Å². The fourth-order valence-electron chi connectivity index (χ4n) is 2.44. The minimum atomic E-state index is -0.482. The summed E-state index contributed by atoms with van der Waals surface area (Å²) < 4.78 is 12.8. The molecule has 0 aliphatic carbocycles. The molecule has 0 heterocycles. The Morgan fingerprint density at radius 3 is 2.00 bits per heavy atom. The van der Waals surface area contributed by atoms with Crippen LogP contribution >= 0.6 is 31.9 Å². The van der Waals surface area contributed by atoms with Crippen LogP contribution in [0.15, 0.2) is 45.3 Å². The monoisotopic (exact) mass is 526 g/mol. The zero-order valence-corrected chi connectivity index (χ0v) is 19.9. The molecule has 0 aliphatic rings. The molecule has 29 heavy (non-hydrogen) atoms. The van der Waals surface area contributed by atoms with Crippen molar-refractivity contribution in [3.8, 4) is 11.5 Å². The van der Waals surface area contributed by atoms with Crippen LogP contribution in [0.25, 0.3) is 0 Å². The highest BCUT2D eigenvalue weighted by molar-refractivity contribution is 9.10. The molecular formula is C21H24Br2N2O4. The van der Waals surface area contributed by atoms with E-state index >= 15 is 0 Å². The van der Waals surface area contributed by atoms with E-state index in [-0.39, 0.29) is 18.6 Å². The van der Waals surface area contributed by atoms with E-state index in [9.17, 15) is 9.59 Å². The summed E-state index contributed by atoms with van der Waals surface area (Å²) in [5, 5.41) is 0. The summed E-state index contributed by atoms with van der Waals surface area (Å²) in [6, 6.07) is 11.2. The molecule has 2 aromatic rings. The zero-order chi connectivity index (χ0) is 21.6. The molecule has 0 aliphatic heterocycles. The van der Waals surface area contributed by atoms with Crippen LogP contribution in [0.4, 0.5) is 0 Å². The summed E-state index contributed by atoms with van der Waals surface area (Å²) >= 11 is 6.83. The van der Waals surface area contributed by atoms with Gasteiger partial charge in [0.1, 0.15) is 11.5 Å². The van der Waals surface area contributed by atoms with Gasteiger partial charge in [-0.25, -0.2) is 0 Å². The second-order valence-electron chi connectivity index (χ2n) is 7.50. The van der Waals surface area contributed by atoms with Gasteiger partial charge < -0.3 is 9.47 Å². The van der Waals surface area contributed by atoms with E-state index in [4.69, 9.17) is 9.47 Å². The largest absolute Gasteiger partial charge is 0.483 e. The number of hydrogen-bond donors (Lipinski definition) is 2. The zero-order valence-electron chi connectivity index (χ0n) is 16.8. The van der Waals surface area contributed by atoms with Crippen LogP contribution in [-0.2, 0) is 15.0 Å². The molecular weight excluding hydrogens is 504 g/mol. The highest BCUT2D eigenvalue weighted by atomic mass is 79.9. The minimum absolute atomic E-state index is 0.147. The van der Waals surface area contributed by atoms with Gasteiger partial charge >= 0.3 is 0 Å². The Morgan fingerprint density at radius 1 is 0.897 bits per heavy atom. The van der Waals surface area contributed by atoms with Gasteiger partial charge in [-0.05, 0) is 64.2 Å². The quantitative estimate of drug-likeness (QED) is 0.545. The van der Waals surface area contributed by atoms with Crippen LogP contribution in [0.5, 0.6) is 11.5 Å². The van der Waals surface area contributed by atoms with E-state index in [0.717, 1.165) is 20.1 Å². The number of rotatable bonds is 6. The number of benzene rings is 2. The summed E-state index contributed by atoms with van der Waals surface area (Å²) in [7, 11) is 0. The number of ether oxygens (including phenoxy) is 2. The fraction of sp³-hybridized carbons (Fsp3) is 0.333. The van der Waals surface area contributed by atoms with Crippen LogP contribution in [-0.4, -0.2) is 25.0 Å². The number of halogens is 2. The van der Waals surface area contributed by atoms with Crippen LogP contribution < -0.4 is 20.3 Å². The van der Waals surface area contributed by atoms with Gasteiger partial charge in [0, 0.05) is 10.0 Å².